The summed E-state index contributed by atoms with van der Waals surface area (Å²) in [4.78, 5) is 2.52. The van der Waals surface area contributed by atoms with Gasteiger partial charge in [-0.3, -0.25) is 0 Å². The summed E-state index contributed by atoms with van der Waals surface area (Å²) in [5, 5.41) is 2.56. The first-order valence-corrected chi connectivity index (χ1v) is 24.4. The van der Waals surface area contributed by atoms with Crippen LogP contribution in [0.4, 0.5) is 17.1 Å². The van der Waals surface area contributed by atoms with Crippen LogP contribution in [0.1, 0.15) is 72.2 Å². The molecule has 10 aromatic carbocycles. The van der Waals surface area contributed by atoms with E-state index in [1.165, 1.54) is 105 Å². The van der Waals surface area contributed by atoms with Crippen LogP contribution in [0.5, 0.6) is 0 Å². The van der Waals surface area contributed by atoms with E-state index in [0.29, 0.717) is 0 Å². The van der Waals surface area contributed by atoms with Crippen LogP contribution in [0.15, 0.2) is 231 Å². The van der Waals surface area contributed by atoms with E-state index < -0.39 is 5.41 Å². The summed E-state index contributed by atoms with van der Waals surface area (Å²) >= 11 is 0. The fourth-order valence-corrected chi connectivity index (χ4v) is 13.0. The summed E-state index contributed by atoms with van der Waals surface area (Å²) in [5.74, 6) is 0. The highest BCUT2D eigenvalue weighted by molar-refractivity contribution is 6.09. The lowest BCUT2D eigenvalue weighted by Gasteiger charge is -2.34. The average Bonchev–Trinajstić information content (AvgIpc) is 4.04. The smallest absolute Gasteiger partial charge is 0.0713 e. The normalized spacial score (nSPS) is 15.0. The van der Waals surface area contributed by atoms with Gasteiger partial charge in [-0.2, -0.15) is 0 Å². The van der Waals surface area contributed by atoms with Gasteiger partial charge in [0.05, 0.1) is 16.4 Å². The molecule has 2 nitrogen and oxygen atoms in total. The van der Waals surface area contributed by atoms with Gasteiger partial charge in [-0.25, -0.2) is 0 Å². The van der Waals surface area contributed by atoms with E-state index >= 15 is 0 Å². The molecule has 0 radical (unpaired) electrons. The van der Waals surface area contributed by atoms with Crippen LogP contribution in [-0.2, 0) is 16.2 Å². The lowest BCUT2D eigenvalue weighted by molar-refractivity contribution is 0.659. The third-order valence-electron chi connectivity index (χ3n) is 16.3. The summed E-state index contributed by atoms with van der Waals surface area (Å²) in [6, 6.07) is 86.7. The van der Waals surface area contributed by atoms with Crippen molar-refractivity contribution in [3.8, 4) is 39.1 Å². The van der Waals surface area contributed by atoms with Crippen LogP contribution < -0.4 is 4.90 Å². The molecule has 11 aromatic rings. The SMILES string of the molecule is CC1(C)c2ccccc2-c2ccc(N(c3ccc4c(c3)-c3ccccc3C4(c3ccccc3)c3ccccc3)c3ccc4c(c3)C(C)(C)c3cc(-n5c6ccccc6c6ccccc65)ccc3-4)cc21. The van der Waals surface area contributed by atoms with Gasteiger partial charge in [-0.05, 0) is 139 Å². The first-order valence-electron chi connectivity index (χ1n) is 24.4. The van der Waals surface area contributed by atoms with Gasteiger partial charge in [-0.1, -0.05) is 198 Å². The number of aromatic nitrogens is 1. The Balaban J connectivity index is 0.961. The van der Waals surface area contributed by atoms with Gasteiger partial charge in [0.25, 0.3) is 0 Å². The number of nitrogens with zero attached hydrogens (tertiary/aromatic N) is 2. The quantitative estimate of drug-likeness (QED) is 0.162. The highest BCUT2D eigenvalue weighted by Gasteiger charge is 2.46. The highest BCUT2D eigenvalue weighted by Crippen LogP contribution is 2.58. The Morgan fingerprint density at radius 2 is 0.710 bits per heavy atom. The van der Waals surface area contributed by atoms with Crippen molar-refractivity contribution in [3.63, 3.8) is 0 Å². The van der Waals surface area contributed by atoms with Gasteiger partial charge in [0.15, 0.2) is 0 Å². The predicted molar refractivity (Wildman–Crippen MR) is 288 cm³/mol. The number of anilines is 3. The molecule has 1 heterocycles. The molecule has 328 valence electrons. The highest BCUT2D eigenvalue weighted by atomic mass is 15.1. The molecule has 1 aromatic heterocycles. The Hall–Kier alpha value is -8.20. The molecule has 69 heavy (non-hydrogen) atoms. The molecule has 2 heteroatoms. The van der Waals surface area contributed by atoms with Gasteiger partial charge in [-0.15, -0.1) is 0 Å². The van der Waals surface area contributed by atoms with Gasteiger partial charge in [0, 0.05) is 44.4 Å². The predicted octanol–water partition coefficient (Wildman–Crippen LogP) is 17.2. The van der Waals surface area contributed by atoms with Crippen LogP contribution >= 0.6 is 0 Å². The number of rotatable bonds is 6. The van der Waals surface area contributed by atoms with Crippen molar-refractivity contribution in [2.24, 2.45) is 0 Å². The summed E-state index contributed by atoms with van der Waals surface area (Å²) in [6.45, 7) is 9.59. The summed E-state index contributed by atoms with van der Waals surface area (Å²) in [6.07, 6.45) is 0. The zero-order chi connectivity index (χ0) is 46.2. The van der Waals surface area contributed by atoms with Crippen LogP contribution in [0.3, 0.4) is 0 Å². The Bertz CT molecular complexity index is 3810. The van der Waals surface area contributed by atoms with Crippen molar-refractivity contribution < 1.29 is 0 Å². The van der Waals surface area contributed by atoms with Crippen molar-refractivity contribution in [2.75, 3.05) is 4.90 Å². The monoisotopic (exact) mass is 882 g/mol. The molecule has 0 aliphatic heterocycles. The maximum atomic E-state index is 2.52. The van der Waals surface area contributed by atoms with Crippen molar-refractivity contribution in [3.05, 3.63) is 275 Å². The molecule has 0 amide bonds. The molecule has 0 atom stereocenters. The number of hydrogen-bond acceptors (Lipinski definition) is 1. The minimum atomic E-state index is -0.470. The first-order chi connectivity index (χ1) is 33.7. The second kappa shape index (κ2) is 14.4. The van der Waals surface area contributed by atoms with Crippen LogP contribution in [0, 0.1) is 0 Å². The zero-order valence-electron chi connectivity index (χ0n) is 39.3. The third-order valence-corrected chi connectivity index (χ3v) is 16.3. The van der Waals surface area contributed by atoms with Crippen molar-refractivity contribution in [2.45, 2.75) is 43.9 Å². The Morgan fingerprint density at radius 3 is 1.30 bits per heavy atom. The molecule has 0 N–H and O–H groups in total. The molecular weight excluding hydrogens is 833 g/mol. The molecule has 0 saturated heterocycles. The minimum Gasteiger partial charge on any atom is -0.310 e. The first kappa shape index (κ1) is 39.9. The zero-order valence-corrected chi connectivity index (χ0v) is 39.3. The number of benzene rings is 10. The summed E-state index contributed by atoms with van der Waals surface area (Å²) in [5.41, 5.74) is 24.6. The minimum absolute atomic E-state index is 0.148. The molecule has 0 spiro atoms. The maximum absolute atomic E-state index is 2.52. The summed E-state index contributed by atoms with van der Waals surface area (Å²) in [7, 11) is 0. The molecule has 0 fully saturated rings. The fourth-order valence-electron chi connectivity index (χ4n) is 13.0. The average molecular weight is 883 g/mol. The largest absolute Gasteiger partial charge is 0.310 e. The van der Waals surface area contributed by atoms with Crippen molar-refractivity contribution in [1.29, 1.82) is 0 Å². The Kier molecular flexibility index (Phi) is 8.33. The molecular formula is C67H50N2. The van der Waals surface area contributed by atoms with E-state index in [1.54, 1.807) is 0 Å². The molecule has 3 aliphatic rings. The van der Waals surface area contributed by atoms with E-state index in [0.717, 1.165) is 17.1 Å². The van der Waals surface area contributed by atoms with E-state index in [1.807, 2.05) is 0 Å². The van der Waals surface area contributed by atoms with Crippen LogP contribution in [-0.4, -0.2) is 4.57 Å². The van der Waals surface area contributed by atoms with E-state index in [9.17, 15) is 0 Å². The van der Waals surface area contributed by atoms with E-state index in [2.05, 4.69) is 268 Å². The molecule has 0 saturated carbocycles. The molecule has 14 rings (SSSR count). The molecule has 0 bridgehead atoms. The lowest BCUT2D eigenvalue weighted by atomic mass is 9.68. The van der Waals surface area contributed by atoms with Gasteiger partial charge < -0.3 is 9.47 Å². The van der Waals surface area contributed by atoms with E-state index in [4.69, 9.17) is 0 Å². The van der Waals surface area contributed by atoms with Crippen LogP contribution in [0.2, 0.25) is 0 Å². The third kappa shape index (κ3) is 5.43. The van der Waals surface area contributed by atoms with Crippen molar-refractivity contribution in [1.82, 2.24) is 4.57 Å². The second-order valence-corrected chi connectivity index (χ2v) is 20.4. The molecule has 3 aliphatic carbocycles. The summed E-state index contributed by atoms with van der Waals surface area (Å²) < 4.78 is 2.45. The molecule has 0 unspecified atom stereocenters. The topological polar surface area (TPSA) is 8.17 Å². The maximum Gasteiger partial charge on any atom is 0.0713 e. The van der Waals surface area contributed by atoms with E-state index in [-0.39, 0.29) is 10.8 Å². The Labute approximate surface area is 404 Å². The number of para-hydroxylation sites is 2. The van der Waals surface area contributed by atoms with Gasteiger partial charge >= 0.3 is 0 Å². The fraction of sp³-hybridized carbons (Fsp3) is 0.104. The number of fused-ring (bicyclic) bond motifs is 12. The van der Waals surface area contributed by atoms with Gasteiger partial charge in [0.2, 0.25) is 0 Å². The van der Waals surface area contributed by atoms with Gasteiger partial charge in [0.1, 0.15) is 0 Å². The number of hydrogen-bond donors (Lipinski definition) is 0. The Morgan fingerprint density at radius 1 is 0.304 bits per heavy atom. The van der Waals surface area contributed by atoms with Crippen molar-refractivity contribution >= 4 is 38.9 Å². The van der Waals surface area contributed by atoms with Crippen LogP contribution in [0.25, 0.3) is 60.9 Å². The second-order valence-electron chi connectivity index (χ2n) is 20.4. The standard InChI is InChI=1S/C67H50N2/c1-65(2)57-27-15-11-23-49(57)51-35-31-46(40-60(51)65)68(45-34-38-59-56(39-45)50-24-12-16-28-58(50)67(59,43-19-7-5-8-20-43)44-21-9-6-10-22-44)47-32-36-52-53-37-33-48(42-62(53)66(3,4)61(52)41-47)69-63-29-17-13-25-54(63)55-26-14-18-30-64(55)69/h5-42H,1-4H3. The lowest BCUT2D eigenvalue weighted by Crippen LogP contribution is -2.28.